The highest BCUT2D eigenvalue weighted by atomic mass is 16.1. The molecule has 2 aromatic carbocycles. The van der Waals surface area contributed by atoms with Crippen molar-refractivity contribution in [2.24, 2.45) is 0 Å². The van der Waals surface area contributed by atoms with Crippen molar-refractivity contribution in [1.82, 2.24) is 24.7 Å². The van der Waals surface area contributed by atoms with E-state index < -0.39 is 5.56 Å². The van der Waals surface area contributed by atoms with Crippen molar-refractivity contribution < 1.29 is 0 Å². The Bertz CT molecular complexity index is 1500. The summed E-state index contributed by atoms with van der Waals surface area (Å²) < 4.78 is 1.20. The van der Waals surface area contributed by atoms with Crippen molar-refractivity contribution in [3.05, 3.63) is 86.6 Å². The Hall–Kier alpha value is -4.00. The van der Waals surface area contributed by atoms with Crippen LogP contribution in [0.15, 0.2) is 64.2 Å². The van der Waals surface area contributed by atoms with Crippen LogP contribution in [-0.2, 0) is 0 Å². The predicted octanol–water partition coefficient (Wildman–Crippen LogP) is 3.23. The third-order valence-electron chi connectivity index (χ3n) is 4.92. The Morgan fingerprint density at radius 1 is 0.897 bits per heavy atom. The Morgan fingerprint density at radius 2 is 1.62 bits per heavy atom. The van der Waals surface area contributed by atoms with Gasteiger partial charge < -0.3 is 4.98 Å². The van der Waals surface area contributed by atoms with Crippen LogP contribution in [0.2, 0.25) is 0 Å². The lowest BCUT2D eigenvalue weighted by molar-refractivity contribution is 0.778. The number of aromatic nitrogens is 5. The molecule has 0 fully saturated rings. The number of benzene rings is 2. The zero-order chi connectivity index (χ0) is 20.1. The summed E-state index contributed by atoms with van der Waals surface area (Å²) in [6, 6.07) is 17.1. The molecule has 29 heavy (non-hydrogen) atoms. The second-order valence-corrected chi connectivity index (χ2v) is 7.03. The van der Waals surface area contributed by atoms with E-state index in [9.17, 15) is 9.59 Å². The normalized spacial score (nSPS) is 11.4. The molecule has 0 amide bonds. The number of aromatic amines is 2. The molecule has 0 aliphatic rings. The summed E-state index contributed by atoms with van der Waals surface area (Å²) in [5.74, 6) is 0.211. The molecule has 3 heterocycles. The summed E-state index contributed by atoms with van der Waals surface area (Å²) in [6.45, 7) is 3.66. The third kappa shape index (κ3) is 2.75. The molecule has 0 radical (unpaired) electrons. The molecule has 142 valence electrons. The maximum Gasteiger partial charge on any atom is 0.287 e. The van der Waals surface area contributed by atoms with Crippen LogP contribution in [0, 0.1) is 13.8 Å². The number of aryl methyl sites for hydroxylation is 2. The van der Waals surface area contributed by atoms with Crippen molar-refractivity contribution in [2.45, 2.75) is 13.8 Å². The molecule has 0 spiro atoms. The molecule has 5 aromatic rings. The van der Waals surface area contributed by atoms with E-state index in [4.69, 9.17) is 0 Å². The molecule has 0 saturated heterocycles. The van der Waals surface area contributed by atoms with E-state index in [-0.39, 0.29) is 16.8 Å². The lowest BCUT2D eigenvalue weighted by Crippen LogP contribution is -2.20. The van der Waals surface area contributed by atoms with E-state index in [2.05, 4.69) is 20.1 Å². The van der Waals surface area contributed by atoms with Crippen LogP contribution in [0.1, 0.15) is 11.4 Å². The van der Waals surface area contributed by atoms with Crippen molar-refractivity contribution in [2.75, 3.05) is 0 Å². The van der Waals surface area contributed by atoms with Crippen LogP contribution < -0.4 is 11.0 Å². The third-order valence-corrected chi connectivity index (χ3v) is 4.92. The van der Waals surface area contributed by atoms with Gasteiger partial charge in [0, 0.05) is 23.0 Å². The van der Waals surface area contributed by atoms with E-state index in [1.165, 1.54) is 10.7 Å². The van der Waals surface area contributed by atoms with E-state index in [1.54, 1.807) is 0 Å². The molecule has 2 N–H and O–H groups in total. The van der Waals surface area contributed by atoms with Gasteiger partial charge in [0.15, 0.2) is 5.43 Å². The molecule has 0 aliphatic heterocycles. The van der Waals surface area contributed by atoms with Crippen LogP contribution in [0.4, 0.5) is 0 Å². The lowest BCUT2D eigenvalue weighted by Gasteiger charge is -2.06. The van der Waals surface area contributed by atoms with E-state index in [0.717, 1.165) is 27.7 Å². The molecule has 0 aliphatic carbocycles. The number of nitrogens with one attached hydrogen (secondary N) is 2. The summed E-state index contributed by atoms with van der Waals surface area (Å²) in [4.78, 5) is 37.5. The number of H-pyrrole nitrogens is 2. The first kappa shape index (κ1) is 17.1. The summed E-state index contributed by atoms with van der Waals surface area (Å²) in [5, 5.41) is 5.10. The van der Waals surface area contributed by atoms with Crippen molar-refractivity contribution >= 4 is 21.8 Å². The summed E-state index contributed by atoms with van der Waals surface area (Å²) >= 11 is 0. The molecular weight excluding hydrogens is 366 g/mol. The van der Waals surface area contributed by atoms with E-state index in [0.29, 0.717) is 11.3 Å². The fourth-order valence-corrected chi connectivity index (χ4v) is 3.68. The minimum absolute atomic E-state index is 0.0525. The zero-order valence-corrected chi connectivity index (χ0v) is 15.9. The molecule has 5 rings (SSSR count). The van der Waals surface area contributed by atoms with Crippen LogP contribution in [0.5, 0.6) is 0 Å². The Morgan fingerprint density at radius 3 is 2.41 bits per heavy atom. The number of fused-ring (bicyclic) bond motifs is 2. The topological polar surface area (TPSA) is 96.4 Å². The van der Waals surface area contributed by atoms with Crippen LogP contribution in [-0.4, -0.2) is 24.7 Å². The first-order chi connectivity index (χ1) is 14.0. The van der Waals surface area contributed by atoms with Crippen molar-refractivity contribution in [3.63, 3.8) is 0 Å². The van der Waals surface area contributed by atoms with Crippen molar-refractivity contribution in [1.29, 1.82) is 0 Å². The molecule has 7 heteroatoms. The Kier molecular flexibility index (Phi) is 3.70. The van der Waals surface area contributed by atoms with Gasteiger partial charge in [-0.1, -0.05) is 42.5 Å². The standard InChI is InChI=1S/C22H17N5O2/c1-12-10-13(2)24-22(23-12)27-21(29)19-18(28)11-17(25-20(19)26-27)16-9-5-7-14-6-3-4-8-15(14)16/h3-11H,1-2H3,(H2,25,26,28). The number of hydrogen-bond donors (Lipinski definition) is 2. The number of pyridine rings is 1. The molecule has 7 nitrogen and oxygen atoms in total. The predicted molar refractivity (Wildman–Crippen MR) is 113 cm³/mol. The summed E-state index contributed by atoms with van der Waals surface area (Å²) in [7, 11) is 0. The molecule has 0 atom stereocenters. The van der Waals surface area contributed by atoms with Gasteiger partial charge in [-0.15, -0.1) is 0 Å². The van der Waals surface area contributed by atoms with Gasteiger partial charge in [0.05, 0.1) is 5.69 Å². The molecule has 0 saturated carbocycles. The van der Waals surface area contributed by atoms with E-state index >= 15 is 0 Å². The maximum absolute atomic E-state index is 12.9. The Balaban J connectivity index is 1.77. The fourth-order valence-electron chi connectivity index (χ4n) is 3.68. The lowest BCUT2D eigenvalue weighted by atomic mass is 10.0. The summed E-state index contributed by atoms with van der Waals surface area (Å²) in [6.07, 6.45) is 0. The van der Waals surface area contributed by atoms with Gasteiger partial charge in [0.25, 0.3) is 11.5 Å². The number of hydrogen-bond acceptors (Lipinski definition) is 4. The van der Waals surface area contributed by atoms with Gasteiger partial charge >= 0.3 is 0 Å². The van der Waals surface area contributed by atoms with Gasteiger partial charge in [0.1, 0.15) is 11.0 Å². The first-order valence-corrected chi connectivity index (χ1v) is 9.20. The quantitative estimate of drug-likeness (QED) is 0.489. The minimum Gasteiger partial charge on any atom is -0.339 e. The second kappa shape index (κ2) is 6.27. The van der Waals surface area contributed by atoms with Gasteiger partial charge in [-0.05, 0) is 30.7 Å². The fraction of sp³-hybridized carbons (Fsp3) is 0.0909. The SMILES string of the molecule is Cc1cc(C)nc(-n2[nH]c3[nH]c(-c4cccc5ccccc45)cc(=O)c3c2=O)n1. The van der Waals surface area contributed by atoms with Crippen LogP contribution in [0.25, 0.3) is 39.0 Å². The maximum atomic E-state index is 12.9. The van der Waals surface area contributed by atoms with E-state index in [1.807, 2.05) is 62.4 Å². The average Bonchev–Trinajstić information content (AvgIpc) is 3.04. The summed E-state index contributed by atoms with van der Waals surface area (Å²) in [5.41, 5.74) is 2.50. The monoisotopic (exact) mass is 383 g/mol. The van der Waals surface area contributed by atoms with Gasteiger partial charge in [0.2, 0.25) is 0 Å². The highest BCUT2D eigenvalue weighted by molar-refractivity contribution is 5.96. The average molecular weight is 383 g/mol. The Labute approximate surface area is 164 Å². The van der Waals surface area contributed by atoms with Gasteiger partial charge in [-0.25, -0.2) is 9.97 Å². The van der Waals surface area contributed by atoms with Crippen LogP contribution >= 0.6 is 0 Å². The first-order valence-electron chi connectivity index (χ1n) is 9.20. The molecule has 3 aromatic heterocycles. The van der Waals surface area contributed by atoms with Gasteiger partial charge in [-0.3, -0.25) is 14.7 Å². The largest absolute Gasteiger partial charge is 0.339 e. The van der Waals surface area contributed by atoms with Gasteiger partial charge in [-0.2, -0.15) is 4.68 Å². The minimum atomic E-state index is -0.476. The molecule has 0 unspecified atom stereocenters. The molecular formula is C22H17N5O2. The smallest absolute Gasteiger partial charge is 0.287 e. The second-order valence-electron chi connectivity index (χ2n) is 7.03. The molecule has 0 bridgehead atoms. The highest BCUT2D eigenvalue weighted by Crippen LogP contribution is 2.27. The zero-order valence-electron chi connectivity index (χ0n) is 15.9. The number of nitrogens with zero attached hydrogens (tertiary/aromatic N) is 3. The highest BCUT2D eigenvalue weighted by Gasteiger charge is 2.16. The number of rotatable bonds is 2. The van der Waals surface area contributed by atoms with Crippen LogP contribution in [0.3, 0.4) is 0 Å². The van der Waals surface area contributed by atoms with Crippen molar-refractivity contribution in [3.8, 4) is 17.2 Å².